The van der Waals surface area contributed by atoms with Crippen LogP contribution in [-0.2, 0) is 12.0 Å². The first-order valence-corrected chi connectivity index (χ1v) is 10.1. The van der Waals surface area contributed by atoms with Gasteiger partial charge in [-0.2, -0.15) is 0 Å². The molecule has 0 aliphatic rings. The molecule has 2 aromatic carbocycles. The zero-order chi connectivity index (χ0) is 19.7. The lowest BCUT2D eigenvalue weighted by Crippen LogP contribution is -2.11. The van der Waals surface area contributed by atoms with Gasteiger partial charge in [0.1, 0.15) is 23.7 Å². The van der Waals surface area contributed by atoms with Gasteiger partial charge >= 0.3 is 0 Å². The molecule has 0 amide bonds. The fourth-order valence-electron chi connectivity index (χ4n) is 3.16. The predicted molar refractivity (Wildman–Crippen MR) is 113 cm³/mol. The van der Waals surface area contributed by atoms with Crippen molar-refractivity contribution in [2.45, 2.75) is 32.8 Å². The van der Waals surface area contributed by atoms with Gasteiger partial charge in [-0.25, -0.2) is 4.98 Å². The number of carbonyl (C=O) groups excluding carboxylic acids is 1. The number of rotatable bonds is 5. The van der Waals surface area contributed by atoms with E-state index in [-0.39, 0.29) is 5.41 Å². The van der Waals surface area contributed by atoms with Crippen molar-refractivity contribution in [2.24, 2.45) is 0 Å². The highest BCUT2D eigenvalue weighted by Gasteiger charge is 2.22. The SMILES string of the molecule is CC(C)(C)c1ccc(OCc2ccccc2)c(-c2nc3sccn3c2C=O)c1. The van der Waals surface area contributed by atoms with Crippen molar-refractivity contribution in [3.05, 3.63) is 76.9 Å². The van der Waals surface area contributed by atoms with Gasteiger partial charge in [0.25, 0.3) is 0 Å². The number of hydrogen-bond acceptors (Lipinski definition) is 4. The summed E-state index contributed by atoms with van der Waals surface area (Å²) in [5.41, 5.74) is 4.30. The largest absolute Gasteiger partial charge is 0.488 e. The van der Waals surface area contributed by atoms with Gasteiger partial charge in [-0.3, -0.25) is 9.20 Å². The first-order valence-electron chi connectivity index (χ1n) is 9.20. The molecular weight excluding hydrogens is 368 g/mol. The van der Waals surface area contributed by atoms with Crippen LogP contribution in [0.25, 0.3) is 16.2 Å². The monoisotopic (exact) mass is 390 g/mol. The molecule has 4 aromatic rings. The second kappa shape index (κ2) is 7.24. The second-order valence-electron chi connectivity index (χ2n) is 7.75. The van der Waals surface area contributed by atoms with Crippen LogP contribution in [-0.4, -0.2) is 15.7 Å². The third-order valence-electron chi connectivity index (χ3n) is 4.75. The van der Waals surface area contributed by atoms with E-state index in [1.165, 1.54) is 16.9 Å². The van der Waals surface area contributed by atoms with Crippen LogP contribution in [0.3, 0.4) is 0 Å². The van der Waals surface area contributed by atoms with Crippen molar-refractivity contribution < 1.29 is 9.53 Å². The number of aromatic nitrogens is 2. The van der Waals surface area contributed by atoms with Gasteiger partial charge in [-0.05, 0) is 28.7 Å². The highest BCUT2D eigenvalue weighted by molar-refractivity contribution is 7.15. The van der Waals surface area contributed by atoms with Crippen molar-refractivity contribution >= 4 is 22.6 Å². The molecule has 5 heteroatoms. The van der Waals surface area contributed by atoms with Crippen LogP contribution >= 0.6 is 11.3 Å². The Kier molecular flexibility index (Phi) is 4.77. The maximum atomic E-state index is 11.8. The molecule has 0 aliphatic carbocycles. The van der Waals surface area contributed by atoms with Gasteiger partial charge < -0.3 is 4.74 Å². The Labute approximate surface area is 168 Å². The average molecular weight is 391 g/mol. The van der Waals surface area contributed by atoms with E-state index in [4.69, 9.17) is 9.72 Å². The Hall–Kier alpha value is -2.92. The molecule has 4 nitrogen and oxygen atoms in total. The van der Waals surface area contributed by atoms with E-state index in [0.717, 1.165) is 28.1 Å². The first kappa shape index (κ1) is 18.4. The Morgan fingerprint density at radius 2 is 1.93 bits per heavy atom. The fourth-order valence-corrected chi connectivity index (χ4v) is 3.88. The van der Waals surface area contributed by atoms with Gasteiger partial charge in [0.2, 0.25) is 0 Å². The summed E-state index contributed by atoms with van der Waals surface area (Å²) in [6, 6.07) is 16.2. The number of aldehydes is 1. The molecule has 0 spiro atoms. The minimum absolute atomic E-state index is 0.0226. The molecule has 142 valence electrons. The molecule has 2 aromatic heterocycles. The number of carbonyl (C=O) groups is 1. The number of thiazole rings is 1. The summed E-state index contributed by atoms with van der Waals surface area (Å²) < 4.78 is 7.99. The van der Waals surface area contributed by atoms with Gasteiger partial charge in [0.05, 0.1) is 0 Å². The van der Waals surface area contributed by atoms with E-state index in [1.54, 1.807) is 0 Å². The molecule has 0 saturated carbocycles. The lowest BCUT2D eigenvalue weighted by Gasteiger charge is -2.21. The molecule has 2 heterocycles. The molecule has 0 radical (unpaired) electrons. The van der Waals surface area contributed by atoms with E-state index in [2.05, 4.69) is 32.9 Å². The van der Waals surface area contributed by atoms with E-state index in [1.807, 2.05) is 52.4 Å². The predicted octanol–water partition coefficient (Wildman–Crippen LogP) is 5.75. The first-order chi connectivity index (χ1) is 13.5. The molecular formula is C23H22N2O2S. The number of benzene rings is 2. The van der Waals surface area contributed by atoms with Crippen LogP contribution in [0.5, 0.6) is 5.75 Å². The van der Waals surface area contributed by atoms with E-state index >= 15 is 0 Å². The topological polar surface area (TPSA) is 43.6 Å². The van der Waals surface area contributed by atoms with E-state index in [0.29, 0.717) is 18.0 Å². The molecule has 28 heavy (non-hydrogen) atoms. The molecule has 0 fully saturated rings. The quantitative estimate of drug-likeness (QED) is 0.407. The summed E-state index contributed by atoms with van der Waals surface area (Å²) in [6.45, 7) is 6.97. The van der Waals surface area contributed by atoms with Crippen LogP contribution < -0.4 is 4.74 Å². The summed E-state index contributed by atoms with van der Waals surface area (Å²) in [6.07, 6.45) is 2.74. The highest BCUT2D eigenvalue weighted by Crippen LogP contribution is 2.37. The van der Waals surface area contributed by atoms with E-state index < -0.39 is 0 Å². The maximum Gasteiger partial charge on any atom is 0.194 e. The number of ether oxygens (including phenoxy) is 1. The molecule has 4 rings (SSSR count). The third kappa shape index (κ3) is 3.45. The fraction of sp³-hybridized carbons (Fsp3) is 0.217. The average Bonchev–Trinajstić information content (AvgIpc) is 3.27. The minimum Gasteiger partial charge on any atom is -0.488 e. The van der Waals surface area contributed by atoms with Gasteiger partial charge in [-0.15, -0.1) is 11.3 Å². The van der Waals surface area contributed by atoms with Crippen molar-refractivity contribution in [3.8, 4) is 17.0 Å². The smallest absolute Gasteiger partial charge is 0.194 e. The van der Waals surface area contributed by atoms with Crippen LogP contribution in [0.1, 0.15) is 42.4 Å². The van der Waals surface area contributed by atoms with Gasteiger partial charge in [-0.1, -0.05) is 57.2 Å². The Morgan fingerprint density at radius 1 is 1.14 bits per heavy atom. The van der Waals surface area contributed by atoms with Crippen molar-refractivity contribution in [2.75, 3.05) is 0 Å². The third-order valence-corrected chi connectivity index (χ3v) is 5.51. The highest BCUT2D eigenvalue weighted by atomic mass is 32.1. The van der Waals surface area contributed by atoms with Gasteiger partial charge in [0, 0.05) is 17.1 Å². The lowest BCUT2D eigenvalue weighted by atomic mass is 9.85. The van der Waals surface area contributed by atoms with Crippen molar-refractivity contribution in [1.29, 1.82) is 0 Å². The standard InChI is InChI=1S/C23H22N2O2S/c1-23(2,3)17-9-10-20(27-15-16-7-5-4-6-8-16)18(13-17)21-19(14-26)25-11-12-28-22(25)24-21/h4-14H,15H2,1-3H3. The number of hydrogen-bond donors (Lipinski definition) is 0. The Morgan fingerprint density at radius 3 is 2.64 bits per heavy atom. The number of nitrogens with zero attached hydrogens (tertiary/aromatic N) is 2. The molecule has 0 aliphatic heterocycles. The van der Waals surface area contributed by atoms with Crippen molar-refractivity contribution in [1.82, 2.24) is 9.38 Å². The van der Waals surface area contributed by atoms with Crippen LogP contribution in [0.4, 0.5) is 0 Å². The molecule has 0 unspecified atom stereocenters. The summed E-state index contributed by atoms with van der Waals surface area (Å²) in [7, 11) is 0. The normalized spacial score (nSPS) is 11.7. The van der Waals surface area contributed by atoms with Crippen LogP contribution in [0.15, 0.2) is 60.1 Å². The van der Waals surface area contributed by atoms with Crippen molar-refractivity contribution in [3.63, 3.8) is 0 Å². The summed E-state index contributed by atoms with van der Waals surface area (Å²) in [4.78, 5) is 17.4. The molecule has 0 atom stereocenters. The summed E-state index contributed by atoms with van der Waals surface area (Å²) in [5.74, 6) is 0.728. The zero-order valence-electron chi connectivity index (χ0n) is 16.2. The number of imidazole rings is 1. The van der Waals surface area contributed by atoms with E-state index in [9.17, 15) is 4.79 Å². The number of fused-ring (bicyclic) bond motifs is 1. The molecule has 0 saturated heterocycles. The lowest BCUT2D eigenvalue weighted by molar-refractivity contribution is 0.111. The maximum absolute atomic E-state index is 11.8. The summed E-state index contributed by atoms with van der Waals surface area (Å²) >= 11 is 1.51. The summed E-state index contributed by atoms with van der Waals surface area (Å²) in [5, 5.41) is 1.93. The molecule has 0 bridgehead atoms. The van der Waals surface area contributed by atoms with Crippen LogP contribution in [0, 0.1) is 0 Å². The Bertz CT molecular complexity index is 1120. The minimum atomic E-state index is -0.0226. The second-order valence-corrected chi connectivity index (χ2v) is 8.63. The van der Waals surface area contributed by atoms with Crippen LogP contribution in [0.2, 0.25) is 0 Å². The van der Waals surface area contributed by atoms with Gasteiger partial charge in [0.15, 0.2) is 11.2 Å². The molecule has 0 N–H and O–H groups in total. The Balaban J connectivity index is 1.82. The zero-order valence-corrected chi connectivity index (χ0v) is 17.0.